The average molecular weight is 867 g/mol. The molecule has 0 radical (unpaired) electrons. The molecule has 0 spiro atoms. The summed E-state index contributed by atoms with van der Waals surface area (Å²) in [6.07, 6.45) is -5.92. The molecule has 0 aromatic heterocycles. The number of aliphatic hydroxyl groups excluding tert-OH is 1. The van der Waals surface area contributed by atoms with Gasteiger partial charge in [0.05, 0.1) is 46.1 Å². The van der Waals surface area contributed by atoms with E-state index < -0.39 is 91.4 Å². The minimum Gasteiger partial charge on any atom is -0.472 e. The first-order valence-electron chi connectivity index (χ1n) is 20.5. The van der Waals surface area contributed by atoms with E-state index in [1.54, 1.807) is 127 Å². The van der Waals surface area contributed by atoms with Crippen LogP contribution in [0.3, 0.4) is 0 Å². The van der Waals surface area contributed by atoms with Gasteiger partial charge in [0.2, 0.25) is 12.6 Å². The zero-order valence-electron chi connectivity index (χ0n) is 34.0. The van der Waals surface area contributed by atoms with E-state index in [2.05, 4.69) is 0 Å². The third-order valence-electron chi connectivity index (χ3n) is 10.8. The standard InChI is InChI=1S/C50H42O14/c51-38-28-36(29-58-44(52)31-16-6-1-7-17-31)40-37(38)26-27-57-49(40)64-50-43(63-48(56)35-24-14-5-15-25-35)42(62-47(55)34-22-12-4-13-23-34)41(61-46(54)33-20-10-3-11-21-33)39(60-50)30-59-45(53)32-18-8-2-9-19-32/h1-28,37-43,49-51H,29-30H2. The van der Waals surface area contributed by atoms with Gasteiger partial charge >= 0.3 is 29.8 Å². The number of rotatable bonds is 14. The topological polar surface area (TPSA) is 179 Å². The third kappa shape index (κ3) is 10.1. The van der Waals surface area contributed by atoms with Crippen LogP contribution in [-0.2, 0) is 37.9 Å². The lowest BCUT2D eigenvalue weighted by Crippen LogP contribution is -2.64. The Bertz CT molecular complexity index is 2460. The maximum atomic E-state index is 14.0. The predicted molar refractivity (Wildman–Crippen MR) is 225 cm³/mol. The lowest BCUT2D eigenvalue weighted by Gasteiger charge is -2.46. The molecule has 14 heteroatoms. The first-order chi connectivity index (χ1) is 31.2. The fourth-order valence-corrected chi connectivity index (χ4v) is 7.63. The largest absolute Gasteiger partial charge is 0.472 e. The van der Waals surface area contributed by atoms with E-state index >= 15 is 0 Å². The first-order valence-corrected chi connectivity index (χ1v) is 20.5. The maximum absolute atomic E-state index is 14.0. The van der Waals surface area contributed by atoms with Crippen LogP contribution in [0.2, 0.25) is 0 Å². The van der Waals surface area contributed by atoms with Crippen LogP contribution in [0, 0.1) is 11.8 Å². The molecule has 14 nitrogen and oxygen atoms in total. The van der Waals surface area contributed by atoms with Crippen molar-refractivity contribution in [2.24, 2.45) is 11.8 Å². The summed E-state index contributed by atoms with van der Waals surface area (Å²) in [5, 5.41) is 11.2. The molecule has 5 aromatic carbocycles. The lowest BCUT2D eigenvalue weighted by atomic mass is 9.88. The first kappa shape index (κ1) is 43.3. The van der Waals surface area contributed by atoms with Crippen molar-refractivity contribution in [3.8, 4) is 0 Å². The number of ether oxygens (including phenoxy) is 8. The van der Waals surface area contributed by atoms with Gasteiger partial charge in [0, 0.05) is 5.92 Å². The second-order valence-electron chi connectivity index (χ2n) is 15.0. The molecule has 1 saturated heterocycles. The number of carbonyl (C=O) groups excluding carboxylic acids is 5. The highest BCUT2D eigenvalue weighted by molar-refractivity contribution is 5.92. The van der Waals surface area contributed by atoms with Crippen LogP contribution in [0.1, 0.15) is 51.8 Å². The third-order valence-corrected chi connectivity index (χ3v) is 10.8. The molecule has 5 aromatic rings. The Labute approximate surface area is 367 Å². The average Bonchev–Trinajstić information content (AvgIpc) is 3.68. The Hall–Kier alpha value is -7.39. The predicted octanol–water partition coefficient (Wildman–Crippen LogP) is 6.52. The number of esters is 5. The van der Waals surface area contributed by atoms with E-state index in [9.17, 15) is 29.1 Å². The Morgan fingerprint density at radius 3 is 1.41 bits per heavy atom. The fraction of sp³-hybridized carbons (Fsp3) is 0.220. The van der Waals surface area contributed by atoms with Gasteiger partial charge in [-0.25, -0.2) is 24.0 Å². The summed E-state index contributed by atoms with van der Waals surface area (Å²) < 4.78 is 49.0. The zero-order chi connectivity index (χ0) is 44.4. The monoisotopic (exact) mass is 866 g/mol. The Morgan fingerprint density at radius 2 is 0.922 bits per heavy atom. The van der Waals surface area contributed by atoms with Crippen molar-refractivity contribution in [2.45, 2.75) is 43.1 Å². The van der Waals surface area contributed by atoms with Gasteiger partial charge in [0.1, 0.15) is 19.3 Å². The molecule has 0 amide bonds. The second kappa shape index (κ2) is 20.2. The van der Waals surface area contributed by atoms with Gasteiger partial charge in [0.15, 0.2) is 18.3 Å². The summed E-state index contributed by atoms with van der Waals surface area (Å²) in [6, 6.07) is 40.5. The van der Waals surface area contributed by atoms with Crippen LogP contribution in [0.25, 0.3) is 0 Å². The summed E-state index contributed by atoms with van der Waals surface area (Å²) in [4.78, 5) is 68.3. The molecule has 64 heavy (non-hydrogen) atoms. The normalized spacial score (nSPS) is 24.5. The van der Waals surface area contributed by atoms with Crippen molar-refractivity contribution in [3.05, 3.63) is 203 Å². The van der Waals surface area contributed by atoms with Crippen LogP contribution in [0.15, 0.2) is 176 Å². The number of hydrogen-bond donors (Lipinski definition) is 1. The van der Waals surface area contributed by atoms with E-state index in [1.165, 1.54) is 42.7 Å². The molecular weight excluding hydrogens is 825 g/mol. The molecule has 1 aliphatic carbocycles. The molecule has 1 fully saturated rings. The van der Waals surface area contributed by atoms with E-state index in [-0.39, 0.29) is 28.9 Å². The van der Waals surface area contributed by atoms with Gasteiger partial charge in [-0.15, -0.1) is 0 Å². The Morgan fingerprint density at radius 1 is 0.500 bits per heavy atom. The molecule has 0 bridgehead atoms. The van der Waals surface area contributed by atoms with Crippen molar-refractivity contribution in [3.63, 3.8) is 0 Å². The van der Waals surface area contributed by atoms with Crippen LogP contribution in [-0.4, -0.2) is 91.3 Å². The Balaban J connectivity index is 1.17. The molecule has 8 rings (SSSR count). The van der Waals surface area contributed by atoms with Gasteiger partial charge in [-0.2, -0.15) is 0 Å². The summed E-state index contributed by atoms with van der Waals surface area (Å²) in [5.74, 6) is -5.36. The molecular formula is C50H42O14. The number of fused-ring (bicyclic) bond motifs is 1. The second-order valence-corrected chi connectivity index (χ2v) is 15.0. The number of aliphatic hydroxyl groups is 1. The summed E-state index contributed by atoms with van der Waals surface area (Å²) in [5.41, 5.74) is 1.36. The van der Waals surface area contributed by atoms with E-state index in [1.807, 2.05) is 0 Å². The van der Waals surface area contributed by atoms with Crippen molar-refractivity contribution in [1.82, 2.24) is 0 Å². The molecule has 9 unspecified atom stereocenters. The van der Waals surface area contributed by atoms with Crippen LogP contribution >= 0.6 is 0 Å². The molecule has 2 heterocycles. The van der Waals surface area contributed by atoms with Crippen LogP contribution in [0.5, 0.6) is 0 Å². The van der Waals surface area contributed by atoms with E-state index in [0.29, 0.717) is 11.1 Å². The molecule has 9 atom stereocenters. The lowest BCUT2D eigenvalue weighted by molar-refractivity contribution is -0.337. The maximum Gasteiger partial charge on any atom is 0.338 e. The van der Waals surface area contributed by atoms with Crippen molar-refractivity contribution < 1.29 is 67.0 Å². The van der Waals surface area contributed by atoms with E-state index in [4.69, 9.17) is 37.9 Å². The summed E-state index contributed by atoms with van der Waals surface area (Å²) in [7, 11) is 0. The van der Waals surface area contributed by atoms with Gasteiger partial charge in [-0.3, -0.25) is 0 Å². The minimum absolute atomic E-state index is 0.114. The van der Waals surface area contributed by atoms with Crippen molar-refractivity contribution in [1.29, 1.82) is 0 Å². The van der Waals surface area contributed by atoms with Crippen molar-refractivity contribution >= 4 is 29.8 Å². The number of benzene rings is 5. The SMILES string of the molecule is O=C(OCC1=CC(O)C2C=COC(OC3OC(COC(=O)c4ccccc4)C(OC(=O)c4ccccc4)C(OC(=O)c4ccccc4)C3OC(=O)c3ccccc3)C12)c1ccccc1. The highest BCUT2D eigenvalue weighted by Crippen LogP contribution is 2.42. The zero-order valence-corrected chi connectivity index (χ0v) is 34.0. The summed E-state index contributed by atoms with van der Waals surface area (Å²) in [6.45, 7) is -0.816. The summed E-state index contributed by atoms with van der Waals surface area (Å²) >= 11 is 0. The molecule has 0 saturated carbocycles. The van der Waals surface area contributed by atoms with E-state index in [0.717, 1.165) is 0 Å². The fourth-order valence-electron chi connectivity index (χ4n) is 7.63. The quantitative estimate of drug-likeness (QED) is 0.0724. The molecule has 3 aliphatic rings. The van der Waals surface area contributed by atoms with Crippen LogP contribution in [0.4, 0.5) is 0 Å². The smallest absolute Gasteiger partial charge is 0.338 e. The van der Waals surface area contributed by atoms with Crippen molar-refractivity contribution in [2.75, 3.05) is 13.2 Å². The van der Waals surface area contributed by atoms with Crippen LogP contribution < -0.4 is 0 Å². The number of hydrogen-bond acceptors (Lipinski definition) is 14. The van der Waals surface area contributed by atoms with Gasteiger partial charge < -0.3 is 43.0 Å². The molecule has 2 aliphatic heterocycles. The van der Waals surface area contributed by atoms with Gasteiger partial charge in [0.25, 0.3) is 0 Å². The van der Waals surface area contributed by atoms with Gasteiger partial charge in [-0.05, 0) is 72.3 Å². The highest BCUT2D eigenvalue weighted by atomic mass is 16.8. The number of carbonyl (C=O) groups is 5. The molecule has 326 valence electrons. The minimum atomic E-state index is -1.70. The van der Waals surface area contributed by atoms with Gasteiger partial charge in [-0.1, -0.05) is 97.1 Å². The Kier molecular flexibility index (Phi) is 13.7. The molecule has 1 N–H and O–H groups in total. The highest BCUT2D eigenvalue weighted by Gasteiger charge is 2.56.